The molecule has 0 saturated heterocycles. The normalized spacial score (nSPS) is 10.3. The van der Waals surface area contributed by atoms with Crippen LogP contribution in [0.1, 0.15) is 17.9 Å². The summed E-state index contributed by atoms with van der Waals surface area (Å²) in [5.74, 6) is 0.921. The lowest BCUT2D eigenvalue weighted by atomic mass is 10.2. The van der Waals surface area contributed by atoms with Gasteiger partial charge in [0.25, 0.3) is 0 Å². The number of para-hydroxylation sites is 1. The number of aryl methyl sites for hydroxylation is 2. The fourth-order valence-corrected chi connectivity index (χ4v) is 1.63. The van der Waals surface area contributed by atoms with E-state index in [9.17, 15) is 9.18 Å². The molecule has 1 amide bonds. The minimum absolute atomic E-state index is 0.207. The number of benzene rings is 1. The van der Waals surface area contributed by atoms with Crippen LogP contribution in [0.25, 0.3) is 0 Å². The Morgan fingerprint density at radius 3 is 2.72 bits per heavy atom. The van der Waals surface area contributed by atoms with Gasteiger partial charge in [0.15, 0.2) is 0 Å². The van der Waals surface area contributed by atoms with Crippen LogP contribution in [0.15, 0.2) is 40.8 Å². The highest BCUT2D eigenvalue weighted by atomic mass is 19.1. The quantitative estimate of drug-likeness (QED) is 0.900. The second kappa shape index (κ2) is 5.49. The van der Waals surface area contributed by atoms with Gasteiger partial charge in [-0.05, 0) is 31.2 Å². The van der Waals surface area contributed by atoms with Crippen molar-refractivity contribution < 1.29 is 13.6 Å². The number of furan rings is 1. The minimum Gasteiger partial charge on any atom is -0.466 e. The van der Waals surface area contributed by atoms with E-state index >= 15 is 0 Å². The van der Waals surface area contributed by atoms with Crippen LogP contribution < -0.4 is 5.32 Å². The average Bonchev–Trinajstić information content (AvgIpc) is 2.76. The van der Waals surface area contributed by atoms with Crippen molar-refractivity contribution in [3.8, 4) is 0 Å². The molecule has 1 aromatic carbocycles. The van der Waals surface area contributed by atoms with Crippen molar-refractivity contribution in [3.63, 3.8) is 0 Å². The van der Waals surface area contributed by atoms with Crippen molar-refractivity contribution in [3.05, 3.63) is 53.7 Å². The molecule has 3 nitrogen and oxygen atoms in total. The highest BCUT2D eigenvalue weighted by molar-refractivity contribution is 5.90. The van der Waals surface area contributed by atoms with Gasteiger partial charge in [-0.15, -0.1) is 0 Å². The summed E-state index contributed by atoms with van der Waals surface area (Å²) in [5, 5.41) is 2.53. The zero-order valence-corrected chi connectivity index (χ0v) is 10.1. The van der Waals surface area contributed by atoms with Crippen LogP contribution in [0.2, 0.25) is 0 Å². The number of nitrogens with one attached hydrogen (secondary N) is 1. The van der Waals surface area contributed by atoms with Gasteiger partial charge in [-0.25, -0.2) is 4.39 Å². The van der Waals surface area contributed by atoms with Crippen LogP contribution in [-0.2, 0) is 11.2 Å². The lowest BCUT2D eigenvalue weighted by Crippen LogP contribution is -2.13. The number of anilines is 1. The monoisotopic (exact) mass is 247 g/mol. The molecule has 0 fully saturated rings. The predicted molar refractivity (Wildman–Crippen MR) is 66.8 cm³/mol. The van der Waals surface area contributed by atoms with Gasteiger partial charge in [0.05, 0.1) is 5.69 Å². The number of hydrogen-bond acceptors (Lipinski definition) is 2. The average molecular weight is 247 g/mol. The van der Waals surface area contributed by atoms with E-state index in [-0.39, 0.29) is 18.0 Å². The number of hydrogen-bond donors (Lipinski definition) is 1. The number of carbonyl (C=O) groups is 1. The third kappa shape index (κ3) is 3.20. The molecule has 1 N–H and O–H groups in total. The molecule has 18 heavy (non-hydrogen) atoms. The Balaban J connectivity index is 1.88. The summed E-state index contributed by atoms with van der Waals surface area (Å²) in [4.78, 5) is 11.6. The lowest BCUT2D eigenvalue weighted by molar-refractivity contribution is -0.116. The number of carbonyl (C=O) groups excluding carboxylic acids is 1. The van der Waals surface area contributed by atoms with E-state index in [0.29, 0.717) is 6.42 Å². The molecule has 0 aliphatic carbocycles. The molecular formula is C14H14FNO2. The fraction of sp³-hybridized carbons (Fsp3) is 0.214. The first-order valence-corrected chi connectivity index (χ1v) is 5.75. The third-order valence-corrected chi connectivity index (χ3v) is 2.54. The predicted octanol–water partition coefficient (Wildman–Crippen LogP) is 3.30. The molecule has 0 saturated carbocycles. The molecule has 94 valence electrons. The first-order valence-electron chi connectivity index (χ1n) is 5.75. The van der Waals surface area contributed by atoms with E-state index in [4.69, 9.17) is 4.42 Å². The Morgan fingerprint density at radius 1 is 1.28 bits per heavy atom. The molecule has 0 atom stereocenters. The Kier molecular flexibility index (Phi) is 3.77. The zero-order chi connectivity index (χ0) is 13.0. The van der Waals surface area contributed by atoms with Crippen molar-refractivity contribution in [1.29, 1.82) is 0 Å². The summed E-state index contributed by atoms with van der Waals surface area (Å²) in [5.41, 5.74) is 0.207. The summed E-state index contributed by atoms with van der Waals surface area (Å²) in [7, 11) is 0. The third-order valence-electron chi connectivity index (χ3n) is 2.54. The van der Waals surface area contributed by atoms with E-state index in [2.05, 4.69) is 5.32 Å². The van der Waals surface area contributed by atoms with Crippen LogP contribution in [0.5, 0.6) is 0 Å². The molecule has 0 bridgehead atoms. The Hall–Kier alpha value is -2.10. The van der Waals surface area contributed by atoms with Crippen LogP contribution in [0, 0.1) is 12.7 Å². The number of rotatable bonds is 4. The molecule has 0 aliphatic heterocycles. The first-order chi connectivity index (χ1) is 8.65. The summed E-state index contributed by atoms with van der Waals surface area (Å²) < 4.78 is 18.6. The van der Waals surface area contributed by atoms with Crippen LogP contribution in [0.3, 0.4) is 0 Å². The summed E-state index contributed by atoms with van der Waals surface area (Å²) in [6.07, 6.45) is 0.773. The Labute approximate surface area is 105 Å². The smallest absolute Gasteiger partial charge is 0.224 e. The number of amides is 1. The van der Waals surface area contributed by atoms with Crippen LogP contribution in [0.4, 0.5) is 10.1 Å². The van der Waals surface area contributed by atoms with Gasteiger partial charge in [0.1, 0.15) is 17.3 Å². The highest BCUT2D eigenvalue weighted by Crippen LogP contribution is 2.14. The fourth-order valence-electron chi connectivity index (χ4n) is 1.63. The molecule has 4 heteroatoms. The van der Waals surface area contributed by atoms with Crippen LogP contribution >= 0.6 is 0 Å². The number of halogens is 1. The van der Waals surface area contributed by atoms with Gasteiger partial charge in [-0.1, -0.05) is 12.1 Å². The van der Waals surface area contributed by atoms with Gasteiger partial charge in [0, 0.05) is 12.8 Å². The lowest BCUT2D eigenvalue weighted by Gasteiger charge is -2.05. The molecule has 2 aromatic rings. The van der Waals surface area contributed by atoms with Gasteiger partial charge in [-0.3, -0.25) is 4.79 Å². The maximum Gasteiger partial charge on any atom is 0.224 e. The molecule has 0 radical (unpaired) electrons. The zero-order valence-electron chi connectivity index (χ0n) is 10.1. The Morgan fingerprint density at radius 2 is 2.06 bits per heavy atom. The maximum atomic E-state index is 13.3. The van der Waals surface area contributed by atoms with Crippen LogP contribution in [-0.4, -0.2) is 5.91 Å². The highest BCUT2D eigenvalue weighted by Gasteiger charge is 2.07. The second-order valence-corrected chi connectivity index (χ2v) is 4.04. The van der Waals surface area contributed by atoms with E-state index in [1.165, 1.54) is 12.1 Å². The van der Waals surface area contributed by atoms with Crippen molar-refractivity contribution in [2.75, 3.05) is 5.32 Å². The molecule has 1 aromatic heterocycles. The standard InChI is InChI=1S/C14H14FNO2/c1-10-6-7-11(18-10)8-9-14(17)16-13-5-3-2-4-12(13)15/h2-7H,8-9H2,1H3,(H,16,17). The van der Waals surface area contributed by atoms with Gasteiger partial charge in [0.2, 0.25) is 5.91 Å². The molecule has 2 rings (SSSR count). The largest absolute Gasteiger partial charge is 0.466 e. The summed E-state index contributed by atoms with van der Waals surface area (Å²) in [6.45, 7) is 1.85. The summed E-state index contributed by atoms with van der Waals surface area (Å²) in [6, 6.07) is 9.79. The van der Waals surface area contributed by atoms with E-state index in [0.717, 1.165) is 11.5 Å². The first kappa shape index (κ1) is 12.4. The van der Waals surface area contributed by atoms with E-state index < -0.39 is 5.82 Å². The van der Waals surface area contributed by atoms with Crippen molar-refractivity contribution in [2.45, 2.75) is 19.8 Å². The summed E-state index contributed by atoms with van der Waals surface area (Å²) >= 11 is 0. The van der Waals surface area contributed by atoms with E-state index in [1.54, 1.807) is 12.1 Å². The van der Waals surface area contributed by atoms with Crippen molar-refractivity contribution in [2.24, 2.45) is 0 Å². The van der Waals surface area contributed by atoms with Gasteiger partial charge < -0.3 is 9.73 Å². The molecule has 0 unspecified atom stereocenters. The Bertz CT molecular complexity index is 548. The molecule has 0 spiro atoms. The van der Waals surface area contributed by atoms with Crippen molar-refractivity contribution >= 4 is 11.6 Å². The molecule has 1 heterocycles. The van der Waals surface area contributed by atoms with Crippen molar-refractivity contribution in [1.82, 2.24) is 0 Å². The van der Waals surface area contributed by atoms with Gasteiger partial charge >= 0.3 is 0 Å². The topological polar surface area (TPSA) is 42.2 Å². The molecule has 0 aliphatic rings. The second-order valence-electron chi connectivity index (χ2n) is 4.04. The van der Waals surface area contributed by atoms with Gasteiger partial charge in [-0.2, -0.15) is 0 Å². The SMILES string of the molecule is Cc1ccc(CCC(=O)Nc2ccccc2F)o1. The molecular weight excluding hydrogens is 233 g/mol. The minimum atomic E-state index is -0.431. The maximum absolute atomic E-state index is 13.3. The van der Waals surface area contributed by atoms with E-state index in [1.807, 2.05) is 19.1 Å².